The van der Waals surface area contributed by atoms with Crippen molar-refractivity contribution in [3.8, 4) is 5.75 Å². The predicted octanol–water partition coefficient (Wildman–Crippen LogP) is 4.77. The molecule has 1 N–H and O–H groups in total. The minimum atomic E-state index is -0.288. The zero-order chi connectivity index (χ0) is 15.1. The third-order valence-corrected chi connectivity index (χ3v) is 4.11. The molecule has 116 valence electrons. The molecule has 1 aromatic rings. The van der Waals surface area contributed by atoms with Gasteiger partial charge >= 0.3 is 0 Å². The molecule has 0 saturated heterocycles. The zero-order valence-corrected chi connectivity index (χ0v) is 13.1. The first kappa shape index (κ1) is 16.0. The van der Waals surface area contributed by atoms with Crippen LogP contribution in [-0.4, -0.2) is 13.7 Å². The predicted molar refractivity (Wildman–Crippen MR) is 85.2 cm³/mol. The lowest BCUT2D eigenvalue weighted by Gasteiger charge is -2.24. The quantitative estimate of drug-likeness (QED) is 0.789. The van der Waals surface area contributed by atoms with E-state index in [1.807, 2.05) is 6.07 Å². The normalized spacial score (nSPS) is 20.0. The fraction of sp³-hybridized carbons (Fsp3) is 0.556. The van der Waals surface area contributed by atoms with Crippen molar-refractivity contribution in [2.24, 2.45) is 0 Å². The Hall–Kier alpha value is -1.35. The Kier molecular flexibility index (Phi) is 6.24. The van der Waals surface area contributed by atoms with Gasteiger partial charge in [0.25, 0.3) is 0 Å². The lowest BCUT2D eigenvalue weighted by molar-refractivity contribution is 0.385. The van der Waals surface area contributed by atoms with Crippen molar-refractivity contribution < 1.29 is 9.13 Å². The molecule has 0 heterocycles. The molecule has 1 aromatic carbocycles. The van der Waals surface area contributed by atoms with Crippen molar-refractivity contribution in [3.05, 3.63) is 41.2 Å². The fourth-order valence-electron chi connectivity index (χ4n) is 3.01. The number of allylic oxidation sites excluding steroid dienone is 1. The van der Waals surface area contributed by atoms with E-state index in [1.165, 1.54) is 38.4 Å². The summed E-state index contributed by atoms with van der Waals surface area (Å²) in [5.74, 6) is 0.0185. The van der Waals surface area contributed by atoms with Gasteiger partial charge in [-0.2, -0.15) is 0 Å². The van der Waals surface area contributed by atoms with Crippen molar-refractivity contribution in [1.82, 2.24) is 5.32 Å². The molecule has 0 aliphatic heterocycles. The second-order valence-corrected chi connectivity index (χ2v) is 5.62. The van der Waals surface area contributed by atoms with Gasteiger partial charge < -0.3 is 10.1 Å². The van der Waals surface area contributed by atoms with Crippen molar-refractivity contribution in [2.45, 2.75) is 51.5 Å². The Morgan fingerprint density at radius 2 is 2.05 bits per heavy atom. The molecule has 3 heteroatoms. The number of halogens is 1. The van der Waals surface area contributed by atoms with Gasteiger partial charge in [0.1, 0.15) is 0 Å². The first-order valence-corrected chi connectivity index (χ1v) is 8.02. The van der Waals surface area contributed by atoms with Gasteiger partial charge in [-0.3, -0.25) is 0 Å². The highest BCUT2D eigenvalue weighted by atomic mass is 19.1. The summed E-state index contributed by atoms with van der Waals surface area (Å²) in [7, 11) is 1.50. The molecule has 1 unspecified atom stereocenters. The van der Waals surface area contributed by atoms with E-state index in [1.54, 1.807) is 12.1 Å². The Labute approximate surface area is 127 Å². The molecule has 0 aromatic heterocycles. The molecule has 21 heavy (non-hydrogen) atoms. The van der Waals surface area contributed by atoms with E-state index in [4.69, 9.17) is 4.74 Å². The fourth-order valence-corrected chi connectivity index (χ4v) is 3.01. The summed E-state index contributed by atoms with van der Waals surface area (Å²) in [5, 5.41) is 3.51. The number of ether oxygens (including phenoxy) is 1. The molecular weight excluding hydrogens is 265 g/mol. The van der Waals surface area contributed by atoms with Gasteiger partial charge in [0, 0.05) is 0 Å². The average molecular weight is 291 g/mol. The number of nitrogens with one attached hydrogen (secondary N) is 1. The summed E-state index contributed by atoms with van der Waals surface area (Å²) in [4.78, 5) is 0. The van der Waals surface area contributed by atoms with Gasteiger partial charge in [-0.15, -0.1) is 0 Å². The van der Waals surface area contributed by atoms with Crippen LogP contribution in [0, 0.1) is 5.82 Å². The van der Waals surface area contributed by atoms with E-state index in [2.05, 4.69) is 18.3 Å². The third-order valence-electron chi connectivity index (χ3n) is 4.11. The number of methoxy groups -OCH3 is 1. The van der Waals surface area contributed by atoms with Crippen LogP contribution in [0.5, 0.6) is 5.75 Å². The maximum Gasteiger partial charge on any atom is 0.165 e. The van der Waals surface area contributed by atoms with Crippen LogP contribution in [-0.2, 0) is 0 Å². The number of rotatable bonds is 5. The maximum absolute atomic E-state index is 14.0. The molecule has 0 amide bonds. The largest absolute Gasteiger partial charge is 0.494 e. The van der Waals surface area contributed by atoms with E-state index in [0.29, 0.717) is 5.75 Å². The van der Waals surface area contributed by atoms with E-state index in [0.717, 1.165) is 24.9 Å². The Morgan fingerprint density at radius 1 is 1.24 bits per heavy atom. The van der Waals surface area contributed by atoms with Crippen molar-refractivity contribution >= 4 is 0 Å². The topological polar surface area (TPSA) is 21.3 Å². The third kappa shape index (κ3) is 4.31. The highest BCUT2D eigenvalue weighted by Crippen LogP contribution is 2.30. The van der Waals surface area contributed by atoms with Crippen molar-refractivity contribution in [1.29, 1.82) is 0 Å². The standard InChI is InChI=1S/C18H26FNO/c1-3-20-18(14-9-7-5-4-6-8-10-14)15-11-12-17(21-2)16(19)13-15/h9,11-13,18,20H,3-8,10H2,1-2H3/b14-9+. The summed E-state index contributed by atoms with van der Waals surface area (Å²) < 4.78 is 19.0. The minimum absolute atomic E-state index is 0.119. The molecule has 0 bridgehead atoms. The van der Waals surface area contributed by atoms with Crippen LogP contribution >= 0.6 is 0 Å². The summed E-state index contributed by atoms with van der Waals surface area (Å²) in [6, 6.07) is 5.41. The minimum Gasteiger partial charge on any atom is -0.494 e. The molecule has 1 aliphatic rings. The molecule has 0 fully saturated rings. The Morgan fingerprint density at radius 3 is 2.76 bits per heavy atom. The van der Waals surface area contributed by atoms with Crippen LogP contribution in [0.25, 0.3) is 0 Å². The summed E-state index contributed by atoms with van der Waals surface area (Å²) in [5.41, 5.74) is 2.39. The number of hydrogen-bond acceptors (Lipinski definition) is 2. The van der Waals surface area contributed by atoms with Crippen LogP contribution in [0.2, 0.25) is 0 Å². The molecule has 0 radical (unpaired) electrons. The SMILES string of the molecule is CCNC(/C1=C/CCCCCC1)c1ccc(OC)c(F)c1. The highest BCUT2D eigenvalue weighted by molar-refractivity contribution is 5.35. The lowest BCUT2D eigenvalue weighted by atomic mass is 9.91. The molecule has 2 nitrogen and oxygen atoms in total. The molecule has 2 rings (SSSR count). The Balaban J connectivity index is 2.26. The summed E-state index contributed by atoms with van der Waals surface area (Å²) in [6.45, 7) is 2.96. The van der Waals surface area contributed by atoms with Crippen LogP contribution in [0.15, 0.2) is 29.8 Å². The van der Waals surface area contributed by atoms with Gasteiger partial charge in [0.2, 0.25) is 0 Å². The lowest BCUT2D eigenvalue weighted by Crippen LogP contribution is -2.23. The number of hydrogen-bond donors (Lipinski definition) is 1. The van der Waals surface area contributed by atoms with Gasteiger partial charge in [-0.05, 0) is 49.9 Å². The van der Waals surface area contributed by atoms with Gasteiger partial charge in [-0.25, -0.2) is 4.39 Å². The molecule has 1 atom stereocenters. The van der Waals surface area contributed by atoms with Crippen LogP contribution < -0.4 is 10.1 Å². The summed E-state index contributed by atoms with van der Waals surface area (Å²) >= 11 is 0. The monoisotopic (exact) mass is 291 g/mol. The molecule has 0 spiro atoms. The van der Waals surface area contributed by atoms with Crippen LogP contribution in [0.3, 0.4) is 0 Å². The van der Waals surface area contributed by atoms with Crippen LogP contribution in [0.1, 0.15) is 57.1 Å². The first-order valence-electron chi connectivity index (χ1n) is 8.02. The molecule has 1 aliphatic carbocycles. The smallest absolute Gasteiger partial charge is 0.165 e. The average Bonchev–Trinajstić information content (AvgIpc) is 2.45. The molecule has 0 saturated carbocycles. The molecular formula is C18H26FNO. The van der Waals surface area contributed by atoms with Gasteiger partial charge in [0.05, 0.1) is 13.2 Å². The van der Waals surface area contributed by atoms with E-state index in [9.17, 15) is 4.39 Å². The summed E-state index contributed by atoms with van der Waals surface area (Å²) in [6.07, 6.45) is 9.71. The van der Waals surface area contributed by atoms with E-state index >= 15 is 0 Å². The number of benzene rings is 1. The second-order valence-electron chi connectivity index (χ2n) is 5.62. The van der Waals surface area contributed by atoms with Crippen molar-refractivity contribution in [3.63, 3.8) is 0 Å². The van der Waals surface area contributed by atoms with E-state index in [-0.39, 0.29) is 11.9 Å². The second kappa shape index (κ2) is 8.18. The van der Waals surface area contributed by atoms with Crippen LogP contribution in [0.4, 0.5) is 4.39 Å². The van der Waals surface area contributed by atoms with Gasteiger partial charge in [0.15, 0.2) is 11.6 Å². The zero-order valence-electron chi connectivity index (χ0n) is 13.1. The highest BCUT2D eigenvalue weighted by Gasteiger charge is 2.18. The van der Waals surface area contributed by atoms with Crippen molar-refractivity contribution in [2.75, 3.05) is 13.7 Å². The van der Waals surface area contributed by atoms with E-state index < -0.39 is 0 Å². The first-order chi connectivity index (χ1) is 10.3. The number of likely N-dealkylation sites (N-methyl/N-ethyl adjacent to an activating group) is 1. The van der Waals surface area contributed by atoms with Gasteiger partial charge in [-0.1, -0.05) is 37.5 Å². The Bertz CT molecular complexity index is 484. The maximum atomic E-state index is 14.0.